The van der Waals surface area contributed by atoms with Crippen LogP contribution in [0.1, 0.15) is 36.1 Å². The van der Waals surface area contributed by atoms with E-state index in [1.54, 1.807) is 6.08 Å². The number of hydrogen-bond donors (Lipinski definition) is 0. The number of rotatable bonds is 2. The van der Waals surface area contributed by atoms with Crippen LogP contribution in [0.5, 0.6) is 11.5 Å². The third-order valence-corrected chi connectivity index (χ3v) is 3.90. The largest absolute Gasteiger partial charge is 0.490 e. The number of carbonyl (C=O) groups excluding carboxylic acids is 1. The summed E-state index contributed by atoms with van der Waals surface area (Å²) >= 11 is 0. The van der Waals surface area contributed by atoms with Gasteiger partial charge in [0.05, 0.1) is 6.54 Å². The molecule has 0 fully saturated rings. The van der Waals surface area contributed by atoms with Gasteiger partial charge in [0.1, 0.15) is 23.7 Å². The topological polar surface area (TPSA) is 47.9 Å². The Morgan fingerprint density at radius 2 is 1.79 bits per heavy atom. The highest BCUT2D eigenvalue weighted by atomic mass is 16.5. The molecule has 2 unspecified atom stereocenters. The lowest BCUT2D eigenvalue weighted by atomic mass is 9.94. The summed E-state index contributed by atoms with van der Waals surface area (Å²) in [4.78, 5) is 14.1. The van der Waals surface area contributed by atoms with Gasteiger partial charge in [-0.25, -0.2) is 9.79 Å². The van der Waals surface area contributed by atoms with Crippen LogP contribution in [0.4, 0.5) is 0 Å². The molecule has 2 atom stereocenters. The van der Waals surface area contributed by atoms with Crippen LogP contribution in [-0.2, 0) is 24.2 Å². The smallest absolute Gasteiger partial charge is 0.235 e. The Morgan fingerprint density at radius 1 is 1.16 bits per heavy atom. The molecule has 19 heavy (non-hydrogen) atoms. The van der Waals surface area contributed by atoms with E-state index in [1.807, 2.05) is 0 Å². The van der Waals surface area contributed by atoms with Gasteiger partial charge < -0.3 is 9.47 Å². The first kappa shape index (κ1) is 12.2. The van der Waals surface area contributed by atoms with Crippen molar-refractivity contribution in [2.75, 3.05) is 0 Å². The number of fused-ring (bicyclic) bond motifs is 2. The van der Waals surface area contributed by atoms with Gasteiger partial charge in [-0.3, -0.25) is 0 Å². The Bertz CT molecular complexity index is 549. The van der Waals surface area contributed by atoms with Gasteiger partial charge in [-0.15, -0.1) is 0 Å². The highest BCUT2D eigenvalue weighted by Crippen LogP contribution is 2.46. The number of aliphatic imine (C=N–C) groups is 1. The molecular formula is C15H17NO3. The molecule has 0 N–H and O–H groups in total. The van der Waals surface area contributed by atoms with Gasteiger partial charge in [-0.2, -0.15) is 0 Å². The molecule has 0 aliphatic carbocycles. The molecule has 0 amide bonds. The molecule has 0 aromatic heterocycles. The van der Waals surface area contributed by atoms with E-state index in [-0.39, 0.29) is 12.2 Å². The van der Waals surface area contributed by atoms with Crippen LogP contribution in [0.3, 0.4) is 0 Å². The first-order valence-corrected chi connectivity index (χ1v) is 6.66. The number of benzene rings is 1. The first-order valence-electron chi connectivity index (χ1n) is 6.66. The lowest BCUT2D eigenvalue weighted by Gasteiger charge is -2.14. The minimum Gasteiger partial charge on any atom is -0.490 e. The molecule has 0 bridgehead atoms. The summed E-state index contributed by atoms with van der Waals surface area (Å²) < 4.78 is 11.9. The SMILES string of the molecule is Cc1c2c(c(CN=C=O)c3c1OC(C)C3)OC(C)C2. The summed E-state index contributed by atoms with van der Waals surface area (Å²) in [6.45, 7) is 6.53. The van der Waals surface area contributed by atoms with E-state index < -0.39 is 0 Å². The van der Waals surface area contributed by atoms with Crippen LogP contribution >= 0.6 is 0 Å². The lowest BCUT2D eigenvalue weighted by molar-refractivity contribution is 0.251. The van der Waals surface area contributed by atoms with Crippen molar-refractivity contribution in [2.45, 2.75) is 52.4 Å². The zero-order valence-corrected chi connectivity index (χ0v) is 11.4. The maximum absolute atomic E-state index is 10.4. The molecule has 2 aliphatic rings. The molecule has 1 aromatic rings. The van der Waals surface area contributed by atoms with Crippen molar-refractivity contribution < 1.29 is 14.3 Å². The van der Waals surface area contributed by atoms with Gasteiger partial charge in [0.25, 0.3) is 0 Å². The van der Waals surface area contributed by atoms with E-state index in [2.05, 4.69) is 25.8 Å². The molecule has 0 saturated carbocycles. The van der Waals surface area contributed by atoms with Crippen LogP contribution in [0, 0.1) is 6.92 Å². The Morgan fingerprint density at radius 3 is 2.47 bits per heavy atom. The molecule has 4 nitrogen and oxygen atoms in total. The van der Waals surface area contributed by atoms with Crippen molar-refractivity contribution in [1.29, 1.82) is 0 Å². The van der Waals surface area contributed by atoms with Crippen LogP contribution in [-0.4, -0.2) is 18.3 Å². The molecule has 1 aromatic carbocycles. The summed E-state index contributed by atoms with van der Waals surface area (Å²) in [7, 11) is 0. The zero-order chi connectivity index (χ0) is 13.6. The zero-order valence-electron chi connectivity index (χ0n) is 11.4. The molecule has 3 rings (SSSR count). The summed E-state index contributed by atoms with van der Waals surface area (Å²) in [5.41, 5.74) is 4.54. The molecule has 0 radical (unpaired) electrons. The van der Waals surface area contributed by atoms with Gasteiger partial charge in [-0.1, -0.05) is 0 Å². The van der Waals surface area contributed by atoms with E-state index in [9.17, 15) is 4.79 Å². The Hall–Kier alpha value is -1.80. The van der Waals surface area contributed by atoms with E-state index >= 15 is 0 Å². The van der Waals surface area contributed by atoms with Gasteiger partial charge in [-0.05, 0) is 26.3 Å². The maximum atomic E-state index is 10.4. The number of isocyanates is 1. The number of hydrogen-bond acceptors (Lipinski definition) is 4. The summed E-state index contributed by atoms with van der Waals surface area (Å²) in [6.07, 6.45) is 3.71. The first-order chi connectivity index (χ1) is 9.11. The minimum absolute atomic E-state index is 0.174. The van der Waals surface area contributed by atoms with E-state index in [1.165, 1.54) is 11.1 Å². The quantitative estimate of drug-likeness (QED) is 0.605. The third-order valence-electron chi connectivity index (χ3n) is 3.90. The number of nitrogens with zero attached hydrogens (tertiary/aromatic N) is 1. The predicted octanol–water partition coefficient (Wildman–Crippen LogP) is 2.48. The van der Waals surface area contributed by atoms with Crippen LogP contribution in [0.25, 0.3) is 0 Å². The Balaban J connectivity index is 2.20. The van der Waals surface area contributed by atoms with Crippen LogP contribution in [0.15, 0.2) is 4.99 Å². The minimum atomic E-state index is 0.174. The molecule has 2 heterocycles. The van der Waals surface area contributed by atoms with Crippen molar-refractivity contribution in [3.05, 3.63) is 22.3 Å². The third kappa shape index (κ3) is 1.83. The van der Waals surface area contributed by atoms with E-state index in [4.69, 9.17) is 9.47 Å². The second kappa shape index (κ2) is 4.39. The van der Waals surface area contributed by atoms with Gasteiger partial charge >= 0.3 is 0 Å². The highest BCUT2D eigenvalue weighted by molar-refractivity contribution is 5.62. The fourth-order valence-electron chi connectivity index (χ4n) is 3.09. The Labute approximate surface area is 112 Å². The lowest BCUT2D eigenvalue weighted by Crippen LogP contribution is -2.08. The van der Waals surface area contributed by atoms with E-state index in [0.29, 0.717) is 6.54 Å². The Kier molecular flexibility index (Phi) is 2.83. The predicted molar refractivity (Wildman–Crippen MR) is 70.6 cm³/mol. The number of ether oxygens (including phenoxy) is 2. The van der Waals surface area contributed by atoms with Crippen molar-refractivity contribution in [3.63, 3.8) is 0 Å². The second-order valence-corrected chi connectivity index (χ2v) is 5.39. The molecule has 4 heteroatoms. The normalized spacial score (nSPS) is 23.1. The van der Waals surface area contributed by atoms with Crippen LogP contribution < -0.4 is 9.47 Å². The second-order valence-electron chi connectivity index (χ2n) is 5.39. The van der Waals surface area contributed by atoms with Crippen molar-refractivity contribution in [3.8, 4) is 11.5 Å². The maximum Gasteiger partial charge on any atom is 0.235 e. The highest BCUT2D eigenvalue weighted by Gasteiger charge is 2.33. The van der Waals surface area contributed by atoms with Gasteiger partial charge in [0.15, 0.2) is 0 Å². The van der Waals surface area contributed by atoms with Gasteiger partial charge in [0.2, 0.25) is 6.08 Å². The summed E-state index contributed by atoms with van der Waals surface area (Å²) in [5.74, 6) is 1.89. The fourth-order valence-corrected chi connectivity index (χ4v) is 3.09. The van der Waals surface area contributed by atoms with Crippen molar-refractivity contribution >= 4 is 6.08 Å². The molecule has 0 spiro atoms. The van der Waals surface area contributed by atoms with Gasteiger partial charge in [0, 0.05) is 29.5 Å². The standard InChI is InChI=1S/C15H17NO3/c1-8-4-11-10(3)14-12(5-9(2)18-14)13(6-16-7-17)15(11)19-8/h8-9H,4-6H2,1-3H3. The molecule has 2 aliphatic heterocycles. The fraction of sp³-hybridized carbons (Fsp3) is 0.533. The molecule has 0 saturated heterocycles. The molecular weight excluding hydrogens is 242 g/mol. The average molecular weight is 259 g/mol. The summed E-state index contributed by atoms with van der Waals surface area (Å²) in [5, 5.41) is 0. The van der Waals surface area contributed by atoms with Crippen molar-refractivity contribution in [2.24, 2.45) is 4.99 Å². The van der Waals surface area contributed by atoms with Crippen LogP contribution in [0.2, 0.25) is 0 Å². The monoisotopic (exact) mass is 259 g/mol. The van der Waals surface area contributed by atoms with E-state index in [0.717, 1.165) is 35.5 Å². The average Bonchev–Trinajstić information content (AvgIpc) is 2.93. The van der Waals surface area contributed by atoms with Crippen molar-refractivity contribution in [1.82, 2.24) is 0 Å². The summed E-state index contributed by atoms with van der Waals surface area (Å²) in [6, 6.07) is 0. The molecule has 100 valence electrons.